The van der Waals surface area contributed by atoms with Crippen molar-refractivity contribution in [2.75, 3.05) is 6.54 Å². The average Bonchev–Trinajstić information content (AvgIpc) is 3.38. The predicted molar refractivity (Wildman–Crippen MR) is 93.6 cm³/mol. The monoisotopic (exact) mass is 346 g/mol. The zero-order valence-corrected chi connectivity index (χ0v) is 14.0. The summed E-state index contributed by atoms with van der Waals surface area (Å²) in [7, 11) is 0. The van der Waals surface area contributed by atoms with Crippen molar-refractivity contribution in [1.29, 1.82) is 0 Å². The van der Waals surface area contributed by atoms with Crippen LogP contribution in [0.4, 0.5) is 9.18 Å². The molecule has 2 aromatic rings. The van der Waals surface area contributed by atoms with Gasteiger partial charge in [-0.2, -0.15) is 0 Å². The van der Waals surface area contributed by atoms with Gasteiger partial charge in [-0.15, -0.1) is 0 Å². The highest BCUT2D eigenvalue weighted by Crippen LogP contribution is 2.41. The van der Waals surface area contributed by atoms with Crippen LogP contribution in [0.5, 0.6) is 0 Å². The summed E-state index contributed by atoms with van der Waals surface area (Å²) in [6.07, 6.45) is 2.84. The average molecular weight is 347 g/mol. The van der Waals surface area contributed by atoms with Crippen molar-refractivity contribution in [2.45, 2.75) is 25.3 Å². The van der Waals surface area contributed by atoms with Crippen molar-refractivity contribution in [2.24, 2.45) is 5.92 Å². The topological polar surface area (TPSA) is 41.1 Å². The zero-order valence-electron chi connectivity index (χ0n) is 13.3. The standard InChI is InChI=1S/C19H20ClFN2O/c20-16-8-6-15(7-9-16)18(14-4-5-14)23-19(24)22-11-10-13-2-1-3-17(21)12-13/h1-3,6-9,12,14,18H,4-5,10-11H2,(H2,22,23,24). The molecule has 24 heavy (non-hydrogen) atoms. The van der Waals surface area contributed by atoms with E-state index in [1.54, 1.807) is 6.07 Å². The molecular formula is C19H20ClFN2O. The molecule has 5 heteroatoms. The molecule has 0 saturated heterocycles. The van der Waals surface area contributed by atoms with Crippen LogP contribution in [-0.4, -0.2) is 12.6 Å². The third-order valence-electron chi connectivity index (χ3n) is 4.20. The van der Waals surface area contributed by atoms with Crippen molar-refractivity contribution in [3.63, 3.8) is 0 Å². The van der Waals surface area contributed by atoms with E-state index < -0.39 is 0 Å². The lowest BCUT2D eigenvalue weighted by Gasteiger charge is -2.19. The van der Waals surface area contributed by atoms with Crippen LogP contribution < -0.4 is 10.6 Å². The Labute approximate surface area is 146 Å². The van der Waals surface area contributed by atoms with Crippen LogP contribution in [0.25, 0.3) is 0 Å². The van der Waals surface area contributed by atoms with Gasteiger partial charge in [0.1, 0.15) is 5.82 Å². The molecule has 0 bridgehead atoms. The first-order valence-electron chi connectivity index (χ1n) is 8.16. The summed E-state index contributed by atoms with van der Waals surface area (Å²) in [4.78, 5) is 12.2. The molecule has 1 unspecified atom stereocenters. The number of carbonyl (C=O) groups is 1. The molecular weight excluding hydrogens is 327 g/mol. The molecule has 3 rings (SSSR count). The Hall–Kier alpha value is -2.07. The molecule has 1 aliphatic rings. The number of hydrogen-bond acceptors (Lipinski definition) is 1. The summed E-state index contributed by atoms with van der Waals surface area (Å²) in [6, 6.07) is 13.8. The van der Waals surface area contributed by atoms with E-state index in [4.69, 9.17) is 11.6 Å². The highest BCUT2D eigenvalue weighted by atomic mass is 35.5. The fraction of sp³-hybridized carbons (Fsp3) is 0.316. The molecule has 2 amide bonds. The smallest absolute Gasteiger partial charge is 0.315 e. The molecule has 0 aromatic heterocycles. The van der Waals surface area contributed by atoms with Crippen LogP contribution in [0.2, 0.25) is 5.02 Å². The van der Waals surface area contributed by atoms with Gasteiger partial charge >= 0.3 is 6.03 Å². The van der Waals surface area contributed by atoms with Crippen LogP contribution in [0.15, 0.2) is 48.5 Å². The summed E-state index contributed by atoms with van der Waals surface area (Å²) < 4.78 is 13.1. The number of hydrogen-bond donors (Lipinski definition) is 2. The molecule has 0 radical (unpaired) electrons. The Morgan fingerprint density at radius 2 is 1.96 bits per heavy atom. The molecule has 2 N–H and O–H groups in total. The van der Waals surface area contributed by atoms with Crippen LogP contribution in [0.1, 0.15) is 30.0 Å². The first-order valence-corrected chi connectivity index (χ1v) is 8.54. The summed E-state index contributed by atoms with van der Waals surface area (Å²) >= 11 is 5.93. The number of nitrogens with one attached hydrogen (secondary N) is 2. The van der Waals surface area contributed by atoms with Crippen molar-refractivity contribution >= 4 is 17.6 Å². The van der Waals surface area contributed by atoms with Crippen LogP contribution in [-0.2, 0) is 6.42 Å². The van der Waals surface area contributed by atoms with Gasteiger partial charge in [0.25, 0.3) is 0 Å². The summed E-state index contributed by atoms with van der Waals surface area (Å²) in [5, 5.41) is 6.58. The second-order valence-corrected chi connectivity index (χ2v) is 6.58. The number of urea groups is 1. The second-order valence-electron chi connectivity index (χ2n) is 6.15. The zero-order chi connectivity index (χ0) is 16.9. The van der Waals surface area contributed by atoms with Gasteiger partial charge in [0.15, 0.2) is 0 Å². The Balaban J connectivity index is 1.51. The quantitative estimate of drug-likeness (QED) is 0.796. The van der Waals surface area contributed by atoms with E-state index in [1.807, 2.05) is 30.3 Å². The van der Waals surface area contributed by atoms with E-state index in [-0.39, 0.29) is 17.9 Å². The lowest BCUT2D eigenvalue weighted by molar-refractivity contribution is 0.235. The minimum atomic E-state index is -0.256. The molecule has 1 saturated carbocycles. The molecule has 1 atom stereocenters. The van der Waals surface area contributed by atoms with Gasteiger partial charge in [0, 0.05) is 11.6 Å². The van der Waals surface area contributed by atoms with Gasteiger partial charge in [-0.1, -0.05) is 35.9 Å². The number of benzene rings is 2. The van der Waals surface area contributed by atoms with E-state index in [0.29, 0.717) is 23.9 Å². The van der Waals surface area contributed by atoms with Crippen molar-refractivity contribution in [3.05, 3.63) is 70.5 Å². The highest BCUT2D eigenvalue weighted by molar-refractivity contribution is 6.30. The Morgan fingerprint density at radius 1 is 1.21 bits per heavy atom. The minimum Gasteiger partial charge on any atom is -0.338 e. The van der Waals surface area contributed by atoms with Crippen molar-refractivity contribution in [1.82, 2.24) is 10.6 Å². The molecule has 3 nitrogen and oxygen atoms in total. The third-order valence-corrected chi connectivity index (χ3v) is 4.45. The minimum absolute atomic E-state index is 0.0106. The number of rotatable bonds is 6. The van der Waals surface area contributed by atoms with Gasteiger partial charge in [0.2, 0.25) is 0 Å². The first kappa shape index (κ1) is 16.8. The maximum absolute atomic E-state index is 13.1. The molecule has 0 aliphatic heterocycles. The Kier molecular flexibility index (Phi) is 5.36. The van der Waals surface area contributed by atoms with Gasteiger partial charge in [-0.05, 0) is 60.6 Å². The summed E-state index contributed by atoms with van der Waals surface area (Å²) in [6.45, 7) is 0.466. The molecule has 0 heterocycles. The van der Waals surface area contributed by atoms with E-state index in [1.165, 1.54) is 12.1 Å². The number of amides is 2. The Bertz CT molecular complexity index is 701. The van der Waals surface area contributed by atoms with Gasteiger partial charge in [-0.3, -0.25) is 0 Å². The third kappa shape index (κ3) is 4.71. The highest BCUT2D eigenvalue weighted by Gasteiger charge is 2.33. The largest absolute Gasteiger partial charge is 0.338 e. The second kappa shape index (κ2) is 7.67. The SMILES string of the molecule is O=C(NCCc1cccc(F)c1)NC(c1ccc(Cl)cc1)C1CC1. The molecule has 1 fully saturated rings. The van der Waals surface area contributed by atoms with E-state index in [2.05, 4.69) is 10.6 Å². The molecule has 2 aromatic carbocycles. The summed E-state index contributed by atoms with van der Waals surface area (Å²) in [5.74, 6) is 0.230. The molecule has 1 aliphatic carbocycles. The van der Waals surface area contributed by atoms with Crippen LogP contribution >= 0.6 is 11.6 Å². The summed E-state index contributed by atoms with van der Waals surface area (Å²) in [5.41, 5.74) is 1.94. The van der Waals surface area contributed by atoms with Crippen LogP contribution in [0.3, 0.4) is 0 Å². The fourth-order valence-electron chi connectivity index (χ4n) is 2.78. The van der Waals surface area contributed by atoms with Gasteiger partial charge in [0.05, 0.1) is 6.04 Å². The van der Waals surface area contributed by atoms with Crippen molar-refractivity contribution < 1.29 is 9.18 Å². The lowest BCUT2D eigenvalue weighted by atomic mass is 10.0. The maximum atomic E-state index is 13.1. The number of carbonyl (C=O) groups excluding carboxylic acids is 1. The lowest BCUT2D eigenvalue weighted by Crippen LogP contribution is -2.39. The van der Waals surface area contributed by atoms with E-state index >= 15 is 0 Å². The van der Waals surface area contributed by atoms with Crippen molar-refractivity contribution in [3.8, 4) is 0 Å². The van der Waals surface area contributed by atoms with E-state index in [0.717, 1.165) is 24.0 Å². The first-order chi connectivity index (χ1) is 11.6. The maximum Gasteiger partial charge on any atom is 0.315 e. The van der Waals surface area contributed by atoms with Gasteiger partial charge < -0.3 is 10.6 Å². The molecule has 0 spiro atoms. The fourth-order valence-corrected chi connectivity index (χ4v) is 2.90. The van der Waals surface area contributed by atoms with E-state index in [9.17, 15) is 9.18 Å². The number of halogens is 2. The predicted octanol–water partition coefficient (Wildman–Crippen LogP) is 4.47. The Morgan fingerprint density at radius 3 is 2.62 bits per heavy atom. The molecule has 126 valence electrons. The normalized spacial score (nSPS) is 14.9. The van der Waals surface area contributed by atoms with Crippen LogP contribution in [0, 0.1) is 11.7 Å². The van der Waals surface area contributed by atoms with Gasteiger partial charge in [-0.25, -0.2) is 9.18 Å².